The minimum absolute atomic E-state index is 0.132. The Morgan fingerprint density at radius 2 is 1.71 bits per heavy atom. The molecule has 0 heterocycles. The molecule has 0 amide bonds. The standard InChI is InChI=1S/C19H19NO8/c1-4-27-17-10-15(20(23)24)14(9-16(17)25-2)19(22)28-11-12-5-7-13(8-6-12)18(21)26-3/h5-10H,4,11H2,1-3H3. The fraction of sp³-hybridized carbons (Fsp3) is 0.263. The van der Waals surface area contributed by atoms with Crippen LogP contribution in [0.1, 0.15) is 33.2 Å². The van der Waals surface area contributed by atoms with Crippen molar-refractivity contribution in [2.75, 3.05) is 20.8 Å². The highest BCUT2D eigenvalue weighted by Gasteiger charge is 2.26. The second kappa shape index (κ2) is 9.36. The van der Waals surface area contributed by atoms with Crippen LogP contribution in [-0.4, -0.2) is 37.7 Å². The maximum absolute atomic E-state index is 12.4. The molecule has 0 aromatic heterocycles. The molecule has 0 aliphatic heterocycles. The molecular formula is C19H19NO8. The SMILES string of the molecule is CCOc1cc([N+](=O)[O-])c(C(=O)OCc2ccc(C(=O)OC)cc2)cc1OC. The summed E-state index contributed by atoms with van der Waals surface area (Å²) in [5.74, 6) is -1.03. The van der Waals surface area contributed by atoms with Gasteiger partial charge in [-0.05, 0) is 24.6 Å². The molecule has 0 atom stereocenters. The maximum atomic E-state index is 12.4. The van der Waals surface area contributed by atoms with Gasteiger partial charge in [0.05, 0.1) is 37.4 Å². The van der Waals surface area contributed by atoms with E-state index in [1.54, 1.807) is 19.1 Å². The van der Waals surface area contributed by atoms with Crippen LogP contribution in [0.15, 0.2) is 36.4 Å². The van der Waals surface area contributed by atoms with E-state index < -0.39 is 22.5 Å². The lowest BCUT2D eigenvalue weighted by Gasteiger charge is -2.12. The van der Waals surface area contributed by atoms with E-state index in [1.165, 1.54) is 32.4 Å². The Morgan fingerprint density at radius 3 is 2.25 bits per heavy atom. The van der Waals surface area contributed by atoms with Crippen molar-refractivity contribution in [2.45, 2.75) is 13.5 Å². The van der Waals surface area contributed by atoms with Crippen LogP contribution in [0.3, 0.4) is 0 Å². The lowest BCUT2D eigenvalue weighted by molar-refractivity contribution is -0.385. The molecule has 9 heteroatoms. The number of benzene rings is 2. The number of nitrogens with zero attached hydrogens (tertiary/aromatic N) is 1. The Morgan fingerprint density at radius 1 is 1.04 bits per heavy atom. The van der Waals surface area contributed by atoms with Crippen molar-refractivity contribution in [3.63, 3.8) is 0 Å². The average molecular weight is 389 g/mol. The normalized spacial score (nSPS) is 10.1. The molecule has 0 bridgehead atoms. The van der Waals surface area contributed by atoms with Gasteiger partial charge in [0, 0.05) is 6.07 Å². The number of rotatable bonds is 8. The Kier molecular flexibility index (Phi) is 6.91. The van der Waals surface area contributed by atoms with Gasteiger partial charge in [-0.15, -0.1) is 0 Å². The molecule has 2 aromatic carbocycles. The van der Waals surface area contributed by atoms with Crippen molar-refractivity contribution < 1.29 is 33.5 Å². The van der Waals surface area contributed by atoms with Crippen molar-refractivity contribution in [3.8, 4) is 11.5 Å². The summed E-state index contributed by atoms with van der Waals surface area (Å²) in [7, 11) is 2.64. The van der Waals surface area contributed by atoms with Gasteiger partial charge < -0.3 is 18.9 Å². The van der Waals surface area contributed by atoms with E-state index in [4.69, 9.17) is 14.2 Å². The number of nitro benzene ring substituents is 1. The van der Waals surface area contributed by atoms with Crippen LogP contribution < -0.4 is 9.47 Å². The zero-order chi connectivity index (χ0) is 20.7. The Hall–Kier alpha value is -3.62. The van der Waals surface area contributed by atoms with Crippen LogP contribution >= 0.6 is 0 Å². The average Bonchev–Trinajstić information content (AvgIpc) is 2.71. The second-order valence-electron chi connectivity index (χ2n) is 5.47. The fourth-order valence-corrected chi connectivity index (χ4v) is 2.37. The summed E-state index contributed by atoms with van der Waals surface area (Å²) < 4.78 is 20.2. The van der Waals surface area contributed by atoms with Crippen LogP contribution in [0.4, 0.5) is 5.69 Å². The molecule has 0 unspecified atom stereocenters. The van der Waals surface area contributed by atoms with E-state index in [9.17, 15) is 19.7 Å². The highest BCUT2D eigenvalue weighted by atomic mass is 16.6. The van der Waals surface area contributed by atoms with E-state index in [0.717, 1.165) is 6.07 Å². The molecule has 0 saturated heterocycles. The summed E-state index contributed by atoms with van der Waals surface area (Å²) in [6.07, 6.45) is 0. The van der Waals surface area contributed by atoms with Crippen molar-refractivity contribution in [3.05, 3.63) is 63.2 Å². The molecule has 2 rings (SSSR count). The Balaban J connectivity index is 2.21. The predicted octanol–water partition coefficient (Wildman–Crippen LogP) is 3.15. The number of ether oxygens (including phenoxy) is 4. The third-order valence-electron chi connectivity index (χ3n) is 3.74. The number of carbonyl (C=O) groups is 2. The smallest absolute Gasteiger partial charge is 0.345 e. The number of carbonyl (C=O) groups excluding carboxylic acids is 2. The van der Waals surface area contributed by atoms with Gasteiger partial charge in [-0.2, -0.15) is 0 Å². The molecule has 2 aromatic rings. The molecule has 0 saturated carbocycles. The summed E-state index contributed by atoms with van der Waals surface area (Å²) >= 11 is 0. The lowest BCUT2D eigenvalue weighted by Crippen LogP contribution is -2.10. The summed E-state index contributed by atoms with van der Waals surface area (Å²) in [5, 5.41) is 11.3. The summed E-state index contributed by atoms with van der Waals surface area (Å²) in [6, 6.07) is 8.57. The van der Waals surface area contributed by atoms with Gasteiger partial charge in [0.2, 0.25) is 0 Å². The molecule has 0 aliphatic carbocycles. The van der Waals surface area contributed by atoms with Gasteiger partial charge in [0.1, 0.15) is 12.2 Å². The molecule has 28 heavy (non-hydrogen) atoms. The minimum atomic E-state index is -0.884. The van der Waals surface area contributed by atoms with Crippen LogP contribution in [-0.2, 0) is 16.1 Å². The fourth-order valence-electron chi connectivity index (χ4n) is 2.37. The zero-order valence-electron chi connectivity index (χ0n) is 15.6. The monoisotopic (exact) mass is 389 g/mol. The number of nitro groups is 1. The summed E-state index contributed by atoms with van der Waals surface area (Å²) in [6.45, 7) is 1.87. The first-order valence-electron chi connectivity index (χ1n) is 8.24. The minimum Gasteiger partial charge on any atom is -0.493 e. The third-order valence-corrected chi connectivity index (χ3v) is 3.74. The first-order valence-corrected chi connectivity index (χ1v) is 8.24. The maximum Gasteiger partial charge on any atom is 0.345 e. The number of methoxy groups -OCH3 is 2. The molecule has 9 nitrogen and oxygen atoms in total. The molecular weight excluding hydrogens is 370 g/mol. The van der Waals surface area contributed by atoms with Crippen LogP contribution in [0.5, 0.6) is 11.5 Å². The van der Waals surface area contributed by atoms with Gasteiger partial charge in [0.15, 0.2) is 11.5 Å². The highest BCUT2D eigenvalue weighted by Crippen LogP contribution is 2.35. The number of hydrogen-bond donors (Lipinski definition) is 0. The Bertz CT molecular complexity index is 876. The van der Waals surface area contributed by atoms with Crippen LogP contribution in [0.25, 0.3) is 0 Å². The van der Waals surface area contributed by atoms with Crippen molar-refractivity contribution in [1.29, 1.82) is 0 Å². The predicted molar refractivity (Wildman–Crippen MR) is 97.7 cm³/mol. The second-order valence-corrected chi connectivity index (χ2v) is 5.47. The van der Waals surface area contributed by atoms with Crippen LogP contribution in [0, 0.1) is 10.1 Å². The topological polar surface area (TPSA) is 114 Å². The van der Waals surface area contributed by atoms with E-state index >= 15 is 0 Å². The van der Waals surface area contributed by atoms with Gasteiger partial charge >= 0.3 is 11.9 Å². The van der Waals surface area contributed by atoms with Gasteiger partial charge in [-0.1, -0.05) is 12.1 Å². The zero-order valence-corrected chi connectivity index (χ0v) is 15.6. The summed E-state index contributed by atoms with van der Waals surface area (Å²) in [4.78, 5) is 34.5. The highest BCUT2D eigenvalue weighted by molar-refractivity contribution is 5.95. The van der Waals surface area contributed by atoms with E-state index in [-0.39, 0.29) is 30.3 Å². The lowest BCUT2D eigenvalue weighted by atomic mass is 10.1. The Labute approximate surface area is 160 Å². The van der Waals surface area contributed by atoms with Crippen LogP contribution in [0.2, 0.25) is 0 Å². The van der Waals surface area contributed by atoms with Crippen molar-refractivity contribution in [2.24, 2.45) is 0 Å². The molecule has 0 fully saturated rings. The summed E-state index contributed by atoms with van der Waals surface area (Å²) in [5.41, 5.74) is 0.248. The number of esters is 2. The first kappa shape index (κ1) is 20.7. The van der Waals surface area contributed by atoms with E-state index in [2.05, 4.69) is 4.74 Å². The van der Waals surface area contributed by atoms with E-state index in [0.29, 0.717) is 11.1 Å². The first-order chi connectivity index (χ1) is 13.4. The largest absolute Gasteiger partial charge is 0.493 e. The van der Waals surface area contributed by atoms with Crippen molar-refractivity contribution in [1.82, 2.24) is 0 Å². The molecule has 148 valence electrons. The van der Waals surface area contributed by atoms with Crippen molar-refractivity contribution >= 4 is 17.6 Å². The van der Waals surface area contributed by atoms with Gasteiger partial charge in [-0.25, -0.2) is 9.59 Å². The molecule has 0 spiro atoms. The number of hydrogen-bond acceptors (Lipinski definition) is 8. The van der Waals surface area contributed by atoms with Gasteiger partial charge in [0.25, 0.3) is 5.69 Å². The van der Waals surface area contributed by atoms with E-state index in [1.807, 2.05) is 0 Å². The molecule has 0 radical (unpaired) electrons. The molecule has 0 aliphatic rings. The van der Waals surface area contributed by atoms with Gasteiger partial charge in [-0.3, -0.25) is 10.1 Å². The molecule has 0 N–H and O–H groups in total. The third kappa shape index (κ3) is 4.76. The quantitative estimate of drug-likeness (QED) is 0.384.